The van der Waals surface area contributed by atoms with Crippen LogP contribution in [0.1, 0.15) is 17.0 Å². The van der Waals surface area contributed by atoms with Gasteiger partial charge in [-0.2, -0.15) is 0 Å². The van der Waals surface area contributed by atoms with Crippen LogP contribution >= 0.6 is 11.8 Å². The molecule has 0 aliphatic carbocycles. The summed E-state index contributed by atoms with van der Waals surface area (Å²) in [6, 6.07) is 22.1. The molecule has 0 fully saturated rings. The predicted molar refractivity (Wildman–Crippen MR) is 129 cm³/mol. The molecular formula is C25H22FN5O2S. The number of benzene rings is 3. The molecule has 0 atom stereocenters. The van der Waals surface area contributed by atoms with Gasteiger partial charge in [-0.05, 0) is 48.2 Å². The van der Waals surface area contributed by atoms with Crippen molar-refractivity contribution in [3.05, 3.63) is 95.6 Å². The van der Waals surface area contributed by atoms with Crippen molar-refractivity contribution < 1.29 is 13.9 Å². The van der Waals surface area contributed by atoms with Gasteiger partial charge in [-0.3, -0.25) is 9.69 Å². The van der Waals surface area contributed by atoms with E-state index in [-0.39, 0.29) is 24.0 Å². The van der Waals surface area contributed by atoms with Crippen molar-refractivity contribution in [2.45, 2.75) is 24.6 Å². The largest absolute Gasteiger partial charge is 0.482 e. The van der Waals surface area contributed by atoms with E-state index in [9.17, 15) is 9.18 Å². The molecule has 1 amide bonds. The lowest BCUT2D eigenvalue weighted by molar-refractivity contribution is -0.115. The zero-order chi connectivity index (χ0) is 23.5. The second kappa shape index (κ2) is 9.56. The normalized spacial score (nSPS) is 12.6. The third kappa shape index (κ3) is 4.34. The van der Waals surface area contributed by atoms with E-state index in [4.69, 9.17) is 10.6 Å². The number of halogens is 1. The van der Waals surface area contributed by atoms with Gasteiger partial charge in [-0.15, -0.1) is 10.2 Å². The van der Waals surface area contributed by atoms with E-state index in [2.05, 4.69) is 22.3 Å². The Morgan fingerprint density at radius 3 is 2.24 bits per heavy atom. The highest BCUT2D eigenvalue weighted by atomic mass is 32.2. The molecule has 2 heterocycles. The molecule has 4 aromatic rings. The summed E-state index contributed by atoms with van der Waals surface area (Å²) >= 11 is 1.19. The summed E-state index contributed by atoms with van der Waals surface area (Å²) in [6.45, 7) is -0.0498. The average Bonchev–Trinajstić information content (AvgIpc) is 3.11. The lowest BCUT2D eigenvalue weighted by atomic mass is 10.0. The Hall–Kier alpha value is -3.85. The number of aromatic nitrogens is 3. The first-order valence-electron chi connectivity index (χ1n) is 10.8. The van der Waals surface area contributed by atoms with E-state index < -0.39 is 5.82 Å². The Morgan fingerprint density at radius 2 is 1.56 bits per heavy atom. The number of hydrogen-bond donors (Lipinski definition) is 1. The number of carbonyl (C=O) groups is 1. The van der Waals surface area contributed by atoms with E-state index in [0.717, 1.165) is 35.3 Å². The standard InChI is InChI=1S/C25H22FN5O2S/c26-19-9-3-6-12-22(19)33-15-23-28-29-25(31(23)27)34-16-24(32)30-20-10-4-1-7-17(20)13-14-18-8-2-5-11-21(18)30/h1-12H,13-16,27H2. The monoisotopic (exact) mass is 475 g/mol. The number of anilines is 2. The Bertz CT molecular complexity index is 1290. The third-order valence-electron chi connectivity index (χ3n) is 5.63. The van der Waals surface area contributed by atoms with Crippen LogP contribution in [0.15, 0.2) is 78.0 Å². The minimum absolute atomic E-state index is 0.0498. The topological polar surface area (TPSA) is 86.3 Å². The van der Waals surface area contributed by atoms with E-state index in [0.29, 0.717) is 11.0 Å². The number of thioether (sulfide) groups is 1. The highest BCUT2D eigenvalue weighted by Crippen LogP contribution is 2.36. The Balaban J connectivity index is 1.32. The van der Waals surface area contributed by atoms with Crippen LogP contribution in [0.25, 0.3) is 0 Å². The van der Waals surface area contributed by atoms with Crippen LogP contribution in [0.5, 0.6) is 5.75 Å². The SMILES string of the molecule is Nn1c(COc2ccccc2F)nnc1SCC(=O)N1c2ccccc2CCc2ccccc21. The molecule has 1 aliphatic rings. The van der Waals surface area contributed by atoms with Crippen LogP contribution in [0.3, 0.4) is 0 Å². The molecule has 9 heteroatoms. The van der Waals surface area contributed by atoms with Gasteiger partial charge in [0.2, 0.25) is 11.1 Å². The van der Waals surface area contributed by atoms with Crippen LogP contribution < -0.4 is 15.5 Å². The van der Waals surface area contributed by atoms with Gasteiger partial charge in [-0.25, -0.2) is 9.07 Å². The summed E-state index contributed by atoms with van der Waals surface area (Å²) in [5.74, 6) is 6.11. The molecule has 0 bridgehead atoms. The Kier molecular flexibility index (Phi) is 6.18. The molecule has 34 heavy (non-hydrogen) atoms. The number of nitrogen functional groups attached to an aromatic ring is 1. The Labute approximate surface area is 200 Å². The first-order valence-corrected chi connectivity index (χ1v) is 11.8. The van der Waals surface area contributed by atoms with Crippen molar-refractivity contribution in [3.8, 4) is 5.75 Å². The average molecular weight is 476 g/mol. The van der Waals surface area contributed by atoms with Gasteiger partial charge in [0.05, 0.1) is 17.1 Å². The van der Waals surface area contributed by atoms with Crippen LogP contribution in [-0.4, -0.2) is 26.5 Å². The fraction of sp³-hybridized carbons (Fsp3) is 0.160. The summed E-state index contributed by atoms with van der Waals surface area (Å²) in [5.41, 5.74) is 4.05. The Morgan fingerprint density at radius 1 is 0.941 bits per heavy atom. The van der Waals surface area contributed by atoms with Gasteiger partial charge in [0.15, 0.2) is 17.4 Å². The van der Waals surface area contributed by atoms with Crippen molar-refractivity contribution in [1.82, 2.24) is 14.9 Å². The molecule has 0 unspecified atom stereocenters. The maximum Gasteiger partial charge on any atom is 0.242 e. The number of carbonyl (C=O) groups excluding carboxylic acids is 1. The van der Waals surface area contributed by atoms with Gasteiger partial charge in [-0.1, -0.05) is 60.3 Å². The number of fused-ring (bicyclic) bond motifs is 2. The summed E-state index contributed by atoms with van der Waals surface area (Å²) < 4.78 is 20.5. The highest BCUT2D eigenvalue weighted by molar-refractivity contribution is 7.99. The van der Waals surface area contributed by atoms with Crippen molar-refractivity contribution in [2.75, 3.05) is 16.5 Å². The van der Waals surface area contributed by atoms with Gasteiger partial charge < -0.3 is 10.6 Å². The van der Waals surface area contributed by atoms with Gasteiger partial charge in [0.1, 0.15) is 6.61 Å². The number of nitrogens with two attached hydrogens (primary N) is 1. The van der Waals surface area contributed by atoms with E-state index in [1.165, 1.54) is 28.6 Å². The summed E-state index contributed by atoms with van der Waals surface area (Å²) in [7, 11) is 0. The van der Waals surface area contributed by atoms with E-state index >= 15 is 0 Å². The molecule has 0 spiro atoms. The maximum absolute atomic E-state index is 13.8. The lowest BCUT2D eigenvalue weighted by Crippen LogP contribution is -2.28. The number of rotatable bonds is 6. The first-order chi connectivity index (χ1) is 16.6. The van der Waals surface area contributed by atoms with E-state index in [1.807, 2.05) is 36.4 Å². The quantitative estimate of drug-likeness (QED) is 0.331. The minimum Gasteiger partial charge on any atom is -0.482 e. The number of amides is 1. The highest BCUT2D eigenvalue weighted by Gasteiger charge is 2.26. The van der Waals surface area contributed by atoms with Gasteiger partial charge >= 0.3 is 0 Å². The van der Waals surface area contributed by atoms with Crippen LogP contribution in [0, 0.1) is 5.82 Å². The smallest absolute Gasteiger partial charge is 0.242 e. The number of aryl methyl sites for hydroxylation is 2. The molecule has 0 saturated heterocycles. The molecule has 0 saturated carbocycles. The van der Waals surface area contributed by atoms with Crippen LogP contribution in [0.4, 0.5) is 15.8 Å². The molecule has 1 aliphatic heterocycles. The van der Waals surface area contributed by atoms with Crippen molar-refractivity contribution in [3.63, 3.8) is 0 Å². The molecule has 1 aromatic heterocycles. The molecular weight excluding hydrogens is 453 g/mol. The molecule has 7 nitrogen and oxygen atoms in total. The van der Waals surface area contributed by atoms with Crippen molar-refractivity contribution >= 4 is 29.0 Å². The molecule has 2 N–H and O–H groups in total. The molecule has 3 aromatic carbocycles. The fourth-order valence-corrected chi connectivity index (χ4v) is 4.67. The maximum atomic E-state index is 13.8. The zero-order valence-corrected chi connectivity index (χ0v) is 19.0. The molecule has 172 valence electrons. The third-order valence-corrected chi connectivity index (χ3v) is 6.56. The van der Waals surface area contributed by atoms with Crippen molar-refractivity contribution in [2.24, 2.45) is 0 Å². The minimum atomic E-state index is -0.469. The van der Waals surface area contributed by atoms with Crippen LogP contribution in [0.2, 0.25) is 0 Å². The molecule has 5 rings (SSSR count). The number of hydrogen-bond acceptors (Lipinski definition) is 6. The van der Waals surface area contributed by atoms with Gasteiger partial charge in [0.25, 0.3) is 0 Å². The number of ether oxygens (including phenoxy) is 1. The fourth-order valence-electron chi connectivity index (χ4n) is 3.95. The lowest BCUT2D eigenvalue weighted by Gasteiger charge is -2.24. The summed E-state index contributed by atoms with van der Waals surface area (Å²) in [4.78, 5) is 15.2. The van der Waals surface area contributed by atoms with Crippen LogP contribution in [-0.2, 0) is 24.2 Å². The number of nitrogens with zero attached hydrogens (tertiary/aromatic N) is 4. The summed E-state index contributed by atoms with van der Waals surface area (Å²) in [5, 5.41) is 8.49. The first kappa shape index (κ1) is 22.0. The second-order valence-electron chi connectivity index (χ2n) is 7.76. The van der Waals surface area contributed by atoms with Crippen molar-refractivity contribution in [1.29, 1.82) is 0 Å². The van der Waals surface area contributed by atoms with Gasteiger partial charge in [0, 0.05) is 0 Å². The number of para-hydroxylation sites is 3. The zero-order valence-electron chi connectivity index (χ0n) is 18.2. The van der Waals surface area contributed by atoms with E-state index in [1.54, 1.807) is 17.0 Å². The second-order valence-corrected chi connectivity index (χ2v) is 8.71. The molecule has 0 radical (unpaired) electrons. The summed E-state index contributed by atoms with van der Waals surface area (Å²) in [6.07, 6.45) is 1.74. The predicted octanol–water partition coefficient (Wildman–Crippen LogP) is 4.27.